The maximum absolute atomic E-state index is 9.75. The Kier molecular flexibility index (Phi) is 4.08. The Balaban J connectivity index is 2.04. The topological polar surface area (TPSA) is 32.3 Å². The van der Waals surface area contributed by atoms with Crippen molar-refractivity contribution in [3.63, 3.8) is 0 Å². The number of rotatable bonds is 2. The Labute approximate surface area is 102 Å². The maximum atomic E-state index is 9.75. The molecule has 1 saturated heterocycles. The molecule has 1 aliphatic heterocycles. The molecular formula is C13H18ClNO. The van der Waals surface area contributed by atoms with Gasteiger partial charge in [0, 0.05) is 11.1 Å². The third-order valence-corrected chi connectivity index (χ3v) is 3.41. The zero-order chi connectivity index (χ0) is 11.4. The third-order valence-electron chi connectivity index (χ3n) is 3.17. The molecular weight excluding hydrogens is 222 g/mol. The Hall–Kier alpha value is -0.730. The largest absolute Gasteiger partial charge is 0.508 e. The van der Waals surface area contributed by atoms with Gasteiger partial charge in [-0.15, -0.1) is 0 Å². The number of phenols is 1. The molecule has 1 fully saturated rings. The lowest BCUT2D eigenvalue weighted by molar-refractivity contribution is 0.452. The van der Waals surface area contributed by atoms with Gasteiger partial charge in [-0.3, -0.25) is 0 Å². The van der Waals surface area contributed by atoms with E-state index in [0.717, 1.165) is 18.5 Å². The molecule has 1 heterocycles. The van der Waals surface area contributed by atoms with Crippen molar-refractivity contribution in [1.29, 1.82) is 0 Å². The van der Waals surface area contributed by atoms with Crippen LogP contribution in [0.2, 0.25) is 5.02 Å². The van der Waals surface area contributed by atoms with Gasteiger partial charge in [-0.2, -0.15) is 0 Å². The van der Waals surface area contributed by atoms with E-state index in [2.05, 4.69) is 5.32 Å². The van der Waals surface area contributed by atoms with Crippen LogP contribution in [0.4, 0.5) is 0 Å². The predicted molar refractivity (Wildman–Crippen MR) is 67.1 cm³/mol. The molecule has 0 saturated carbocycles. The molecule has 0 radical (unpaired) electrons. The second-order valence-electron chi connectivity index (χ2n) is 4.48. The first-order valence-electron chi connectivity index (χ1n) is 5.96. The highest BCUT2D eigenvalue weighted by Crippen LogP contribution is 2.24. The van der Waals surface area contributed by atoms with E-state index < -0.39 is 0 Å². The molecule has 1 atom stereocenters. The highest BCUT2D eigenvalue weighted by atomic mass is 35.5. The van der Waals surface area contributed by atoms with Crippen LogP contribution in [0.5, 0.6) is 5.75 Å². The molecule has 0 aliphatic carbocycles. The molecule has 2 rings (SSSR count). The SMILES string of the molecule is Oc1ccc(Cl)cc1CC1CCCCCN1. The number of hydrogen-bond donors (Lipinski definition) is 2. The summed E-state index contributed by atoms with van der Waals surface area (Å²) in [5, 5.41) is 14.0. The molecule has 1 aliphatic rings. The first kappa shape index (κ1) is 11.7. The molecule has 0 spiro atoms. The monoisotopic (exact) mass is 239 g/mol. The quantitative estimate of drug-likeness (QED) is 0.831. The van der Waals surface area contributed by atoms with Crippen molar-refractivity contribution < 1.29 is 5.11 Å². The summed E-state index contributed by atoms with van der Waals surface area (Å²) < 4.78 is 0. The van der Waals surface area contributed by atoms with E-state index in [0.29, 0.717) is 16.8 Å². The van der Waals surface area contributed by atoms with Gasteiger partial charge in [-0.1, -0.05) is 24.4 Å². The average Bonchev–Trinajstić information content (AvgIpc) is 2.52. The smallest absolute Gasteiger partial charge is 0.118 e. The van der Waals surface area contributed by atoms with Crippen LogP contribution in [0.15, 0.2) is 18.2 Å². The van der Waals surface area contributed by atoms with Gasteiger partial charge in [0.25, 0.3) is 0 Å². The number of halogens is 1. The van der Waals surface area contributed by atoms with Crippen LogP contribution in [0, 0.1) is 0 Å². The fourth-order valence-electron chi connectivity index (χ4n) is 2.26. The number of benzene rings is 1. The molecule has 1 aromatic rings. The summed E-state index contributed by atoms with van der Waals surface area (Å²) in [5.74, 6) is 0.357. The van der Waals surface area contributed by atoms with Crippen LogP contribution in [-0.2, 0) is 6.42 Å². The van der Waals surface area contributed by atoms with Crippen LogP contribution >= 0.6 is 11.6 Å². The van der Waals surface area contributed by atoms with Crippen molar-refractivity contribution in [2.24, 2.45) is 0 Å². The van der Waals surface area contributed by atoms with E-state index in [9.17, 15) is 5.11 Å². The first-order chi connectivity index (χ1) is 7.75. The number of nitrogens with one attached hydrogen (secondary N) is 1. The molecule has 3 heteroatoms. The lowest BCUT2D eigenvalue weighted by Crippen LogP contribution is -2.30. The molecule has 2 nitrogen and oxygen atoms in total. The van der Waals surface area contributed by atoms with Crippen LogP contribution in [-0.4, -0.2) is 17.7 Å². The van der Waals surface area contributed by atoms with Crippen molar-refractivity contribution in [3.8, 4) is 5.75 Å². The summed E-state index contributed by atoms with van der Waals surface area (Å²) >= 11 is 5.94. The highest BCUT2D eigenvalue weighted by molar-refractivity contribution is 6.30. The maximum Gasteiger partial charge on any atom is 0.118 e. The van der Waals surface area contributed by atoms with Crippen LogP contribution in [0.25, 0.3) is 0 Å². The standard InChI is InChI=1S/C13H18ClNO/c14-11-5-6-13(16)10(8-11)9-12-4-2-1-3-7-15-12/h5-6,8,12,15-16H,1-4,7,9H2. The summed E-state index contributed by atoms with van der Waals surface area (Å²) in [6.45, 7) is 1.09. The fraction of sp³-hybridized carbons (Fsp3) is 0.538. The van der Waals surface area contributed by atoms with E-state index in [4.69, 9.17) is 11.6 Å². The van der Waals surface area contributed by atoms with Crippen molar-refractivity contribution in [2.75, 3.05) is 6.54 Å². The molecule has 0 amide bonds. The minimum atomic E-state index is 0.357. The van der Waals surface area contributed by atoms with E-state index in [1.165, 1.54) is 25.7 Å². The Bertz CT molecular complexity index is 346. The second-order valence-corrected chi connectivity index (χ2v) is 4.91. The summed E-state index contributed by atoms with van der Waals surface area (Å²) in [6.07, 6.45) is 5.90. The van der Waals surface area contributed by atoms with Crippen molar-refractivity contribution in [2.45, 2.75) is 38.1 Å². The molecule has 88 valence electrons. The van der Waals surface area contributed by atoms with E-state index in [1.807, 2.05) is 6.07 Å². The lowest BCUT2D eigenvalue weighted by Gasteiger charge is -2.16. The third kappa shape index (κ3) is 3.13. The zero-order valence-corrected chi connectivity index (χ0v) is 10.1. The number of hydrogen-bond acceptors (Lipinski definition) is 2. The first-order valence-corrected chi connectivity index (χ1v) is 6.34. The van der Waals surface area contributed by atoms with Crippen LogP contribution < -0.4 is 5.32 Å². The molecule has 16 heavy (non-hydrogen) atoms. The Morgan fingerprint density at radius 1 is 1.31 bits per heavy atom. The summed E-state index contributed by atoms with van der Waals surface area (Å²) in [4.78, 5) is 0. The lowest BCUT2D eigenvalue weighted by atomic mass is 10.0. The zero-order valence-electron chi connectivity index (χ0n) is 9.38. The molecule has 0 aromatic heterocycles. The van der Waals surface area contributed by atoms with Gasteiger partial charge in [0.2, 0.25) is 0 Å². The van der Waals surface area contributed by atoms with Gasteiger partial charge in [-0.25, -0.2) is 0 Å². The minimum absolute atomic E-state index is 0.357. The summed E-state index contributed by atoms with van der Waals surface area (Å²) in [7, 11) is 0. The molecule has 0 bridgehead atoms. The van der Waals surface area contributed by atoms with Gasteiger partial charge >= 0.3 is 0 Å². The highest BCUT2D eigenvalue weighted by Gasteiger charge is 2.14. The van der Waals surface area contributed by atoms with Gasteiger partial charge in [0.15, 0.2) is 0 Å². The minimum Gasteiger partial charge on any atom is -0.508 e. The summed E-state index contributed by atoms with van der Waals surface area (Å²) in [5.41, 5.74) is 0.951. The van der Waals surface area contributed by atoms with Crippen molar-refractivity contribution in [3.05, 3.63) is 28.8 Å². The van der Waals surface area contributed by atoms with Gasteiger partial charge < -0.3 is 10.4 Å². The average molecular weight is 240 g/mol. The van der Waals surface area contributed by atoms with Gasteiger partial charge in [-0.05, 0) is 49.6 Å². The Morgan fingerprint density at radius 3 is 3.06 bits per heavy atom. The van der Waals surface area contributed by atoms with Crippen LogP contribution in [0.3, 0.4) is 0 Å². The van der Waals surface area contributed by atoms with Crippen LogP contribution in [0.1, 0.15) is 31.2 Å². The number of aromatic hydroxyl groups is 1. The number of phenolic OH excluding ortho intramolecular Hbond substituents is 1. The van der Waals surface area contributed by atoms with E-state index in [-0.39, 0.29) is 0 Å². The van der Waals surface area contributed by atoms with Gasteiger partial charge in [0.1, 0.15) is 5.75 Å². The normalized spacial score (nSPS) is 21.7. The molecule has 1 aromatic carbocycles. The molecule has 2 N–H and O–H groups in total. The Morgan fingerprint density at radius 2 is 2.19 bits per heavy atom. The van der Waals surface area contributed by atoms with Crippen molar-refractivity contribution in [1.82, 2.24) is 5.32 Å². The fourth-order valence-corrected chi connectivity index (χ4v) is 2.45. The van der Waals surface area contributed by atoms with E-state index in [1.54, 1.807) is 12.1 Å². The second kappa shape index (κ2) is 5.55. The van der Waals surface area contributed by atoms with Gasteiger partial charge in [0.05, 0.1) is 0 Å². The van der Waals surface area contributed by atoms with E-state index >= 15 is 0 Å². The predicted octanol–water partition coefficient (Wildman–Crippen LogP) is 3.12. The van der Waals surface area contributed by atoms with Crippen molar-refractivity contribution >= 4 is 11.6 Å². The summed E-state index contributed by atoms with van der Waals surface area (Å²) in [6, 6.07) is 5.74. The molecule has 1 unspecified atom stereocenters.